The van der Waals surface area contributed by atoms with E-state index in [2.05, 4.69) is 34.8 Å². The lowest BCUT2D eigenvalue weighted by Crippen LogP contribution is -1.84. The van der Waals surface area contributed by atoms with Crippen molar-refractivity contribution < 1.29 is 4.74 Å². The van der Waals surface area contributed by atoms with Crippen molar-refractivity contribution in [2.24, 2.45) is 0 Å². The first-order valence-electron chi connectivity index (χ1n) is 5.67. The Morgan fingerprint density at radius 3 is 2.83 bits per heavy atom. The van der Waals surface area contributed by atoms with Crippen LogP contribution in [-0.4, -0.2) is 12.1 Å². The molecule has 0 spiro atoms. The molecule has 0 fully saturated rings. The minimum absolute atomic E-state index is 0.908. The fourth-order valence-corrected chi connectivity index (χ4v) is 3.80. The molecule has 0 unspecified atom stereocenters. The van der Waals surface area contributed by atoms with Crippen LogP contribution in [0, 0.1) is 0 Å². The maximum absolute atomic E-state index is 5.16. The van der Waals surface area contributed by atoms with Gasteiger partial charge in [-0.15, -0.1) is 23.1 Å². The normalized spacial score (nSPS) is 10.9. The number of ether oxygens (including phenoxy) is 1. The van der Waals surface area contributed by atoms with Crippen molar-refractivity contribution in [3.8, 4) is 5.75 Å². The number of rotatable bonds is 4. The van der Waals surface area contributed by atoms with E-state index in [-0.39, 0.29) is 0 Å². The Bertz CT molecular complexity index is 639. The van der Waals surface area contributed by atoms with Gasteiger partial charge in [0.25, 0.3) is 0 Å². The standard InChI is InChI=1S/C14H13NOS2/c1-16-11-4-2-10(3-5-11)9-18-13-8-15-12-6-7-17-14(12)13/h2-8,15H,9H2,1H3. The highest BCUT2D eigenvalue weighted by molar-refractivity contribution is 7.98. The monoisotopic (exact) mass is 275 g/mol. The van der Waals surface area contributed by atoms with Gasteiger partial charge in [-0.05, 0) is 29.1 Å². The third kappa shape index (κ3) is 2.26. The summed E-state index contributed by atoms with van der Waals surface area (Å²) in [4.78, 5) is 4.62. The number of aromatic nitrogens is 1. The summed E-state index contributed by atoms with van der Waals surface area (Å²) in [6.45, 7) is 0. The first-order chi connectivity index (χ1) is 8.86. The molecule has 0 radical (unpaired) electrons. The van der Waals surface area contributed by atoms with Gasteiger partial charge in [0.2, 0.25) is 0 Å². The summed E-state index contributed by atoms with van der Waals surface area (Å²) in [7, 11) is 1.69. The first kappa shape index (κ1) is 11.7. The average Bonchev–Trinajstić information content (AvgIpc) is 3.00. The molecule has 0 bridgehead atoms. The molecule has 3 aromatic rings. The molecule has 3 rings (SSSR count). The fourth-order valence-electron chi connectivity index (χ4n) is 1.81. The van der Waals surface area contributed by atoms with E-state index in [4.69, 9.17) is 4.74 Å². The maximum atomic E-state index is 5.16. The Balaban J connectivity index is 1.72. The lowest BCUT2D eigenvalue weighted by atomic mass is 10.2. The van der Waals surface area contributed by atoms with Crippen molar-refractivity contribution >= 4 is 33.3 Å². The average molecular weight is 275 g/mol. The van der Waals surface area contributed by atoms with Gasteiger partial charge in [0.05, 0.1) is 17.3 Å². The number of thiophene rings is 1. The Morgan fingerprint density at radius 1 is 1.22 bits per heavy atom. The molecular formula is C14H13NOS2. The van der Waals surface area contributed by atoms with Crippen molar-refractivity contribution in [1.82, 2.24) is 4.98 Å². The van der Waals surface area contributed by atoms with E-state index >= 15 is 0 Å². The quantitative estimate of drug-likeness (QED) is 0.708. The summed E-state index contributed by atoms with van der Waals surface area (Å²) < 4.78 is 6.51. The highest BCUT2D eigenvalue weighted by atomic mass is 32.2. The molecule has 1 aromatic carbocycles. The number of fused-ring (bicyclic) bond motifs is 1. The van der Waals surface area contributed by atoms with Gasteiger partial charge in [0.15, 0.2) is 0 Å². The third-order valence-corrected chi connectivity index (χ3v) is 4.99. The molecule has 0 aliphatic carbocycles. The van der Waals surface area contributed by atoms with Crippen LogP contribution < -0.4 is 4.74 Å². The van der Waals surface area contributed by atoms with Crippen molar-refractivity contribution in [2.75, 3.05) is 7.11 Å². The second-order valence-electron chi connectivity index (χ2n) is 3.95. The fraction of sp³-hybridized carbons (Fsp3) is 0.143. The molecule has 1 N–H and O–H groups in total. The van der Waals surface area contributed by atoms with E-state index in [0.717, 1.165) is 11.5 Å². The van der Waals surface area contributed by atoms with E-state index in [1.165, 1.54) is 20.7 Å². The zero-order valence-corrected chi connectivity index (χ0v) is 11.6. The second-order valence-corrected chi connectivity index (χ2v) is 5.89. The number of hydrogen-bond donors (Lipinski definition) is 1. The number of hydrogen-bond acceptors (Lipinski definition) is 3. The van der Waals surface area contributed by atoms with Gasteiger partial charge in [-0.3, -0.25) is 0 Å². The van der Waals surface area contributed by atoms with Crippen molar-refractivity contribution in [2.45, 2.75) is 10.6 Å². The summed E-state index contributed by atoms with van der Waals surface area (Å²) >= 11 is 3.66. The van der Waals surface area contributed by atoms with Gasteiger partial charge in [-0.25, -0.2) is 0 Å². The summed E-state index contributed by atoms with van der Waals surface area (Å²) in [5, 5.41) is 2.12. The van der Waals surface area contributed by atoms with Gasteiger partial charge in [-0.2, -0.15) is 0 Å². The predicted molar refractivity (Wildman–Crippen MR) is 78.7 cm³/mol. The van der Waals surface area contributed by atoms with Crippen LogP contribution in [0.15, 0.2) is 46.8 Å². The molecule has 4 heteroatoms. The highest BCUT2D eigenvalue weighted by Gasteiger charge is 2.05. The van der Waals surface area contributed by atoms with Gasteiger partial charge in [0, 0.05) is 16.8 Å². The highest BCUT2D eigenvalue weighted by Crippen LogP contribution is 2.33. The van der Waals surface area contributed by atoms with Crippen molar-refractivity contribution in [3.63, 3.8) is 0 Å². The maximum Gasteiger partial charge on any atom is 0.118 e. The summed E-state index contributed by atoms with van der Waals surface area (Å²) in [5.74, 6) is 1.89. The number of thioether (sulfide) groups is 1. The van der Waals surface area contributed by atoms with E-state index < -0.39 is 0 Å². The van der Waals surface area contributed by atoms with Crippen LogP contribution in [0.4, 0.5) is 0 Å². The minimum atomic E-state index is 0.908. The van der Waals surface area contributed by atoms with Crippen molar-refractivity contribution in [3.05, 3.63) is 47.5 Å². The largest absolute Gasteiger partial charge is 0.497 e. The molecule has 0 aliphatic heterocycles. The van der Waals surface area contributed by atoms with Gasteiger partial charge >= 0.3 is 0 Å². The lowest BCUT2D eigenvalue weighted by Gasteiger charge is -2.02. The molecule has 2 heterocycles. The van der Waals surface area contributed by atoms with Crippen LogP contribution in [0.2, 0.25) is 0 Å². The summed E-state index contributed by atoms with van der Waals surface area (Å²) in [5.41, 5.74) is 2.55. The van der Waals surface area contributed by atoms with E-state index in [1.807, 2.05) is 23.9 Å². The van der Waals surface area contributed by atoms with Crippen LogP contribution in [0.3, 0.4) is 0 Å². The van der Waals surface area contributed by atoms with Crippen LogP contribution >= 0.6 is 23.1 Å². The zero-order valence-electron chi connectivity index (χ0n) is 9.97. The molecule has 0 atom stereocenters. The Morgan fingerprint density at radius 2 is 2.06 bits per heavy atom. The second kappa shape index (κ2) is 5.08. The SMILES string of the molecule is COc1ccc(CSc2c[nH]c3ccsc23)cc1. The molecular weight excluding hydrogens is 262 g/mol. The molecule has 0 aliphatic rings. The number of methoxy groups -OCH3 is 1. The summed E-state index contributed by atoms with van der Waals surface area (Å²) in [6, 6.07) is 10.4. The predicted octanol–water partition coefficient (Wildman–Crippen LogP) is 4.53. The van der Waals surface area contributed by atoms with Gasteiger partial charge in [0.1, 0.15) is 5.75 Å². The molecule has 2 aromatic heterocycles. The molecule has 18 heavy (non-hydrogen) atoms. The zero-order chi connectivity index (χ0) is 12.4. The van der Waals surface area contributed by atoms with Crippen LogP contribution in [-0.2, 0) is 5.75 Å². The Kier molecular flexibility index (Phi) is 3.30. The molecule has 0 amide bonds. The topological polar surface area (TPSA) is 25.0 Å². The van der Waals surface area contributed by atoms with E-state index in [1.54, 1.807) is 18.4 Å². The van der Waals surface area contributed by atoms with Gasteiger partial charge < -0.3 is 9.72 Å². The smallest absolute Gasteiger partial charge is 0.118 e. The Labute approximate surface area is 114 Å². The summed E-state index contributed by atoms with van der Waals surface area (Å²) in [6.07, 6.45) is 2.09. The third-order valence-electron chi connectivity index (χ3n) is 2.80. The van der Waals surface area contributed by atoms with Crippen molar-refractivity contribution in [1.29, 1.82) is 0 Å². The first-order valence-corrected chi connectivity index (χ1v) is 7.53. The van der Waals surface area contributed by atoms with Gasteiger partial charge in [-0.1, -0.05) is 12.1 Å². The van der Waals surface area contributed by atoms with E-state index in [0.29, 0.717) is 0 Å². The molecule has 92 valence electrons. The number of aromatic amines is 1. The minimum Gasteiger partial charge on any atom is -0.497 e. The molecule has 0 saturated carbocycles. The Hall–Kier alpha value is -1.39. The number of H-pyrrole nitrogens is 1. The molecule has 2 nitrogen and oxygen atoms in total. The number of nitrogens with one attached hydrogen (secondary N) is 1. The lowest BCUT2D eigenvalue weighted by molar-refractivity contribution is 0.414. The van der Waals surface area contributed by atoms with Crippen LogP contribution in [0.1, 0.15) is 5.56 Å². The van der Waals surface area contributed by atoms with E-state index in [9.17, 15) is 0 Å². The van der Waals surface area contributed by atoms with Crippen LogP contribution in [0.25, 0.3) is 10.2 Å². The molecule has 0 saturated heterocycles. The van der Waals surface area contributed by atoms with Crippen LogP contribution in [0.5, 0.6) is 5.75 Å². The number of benzene rings is 1.